The molecule has 0 spiro atoms. The van der Waals surface area contributed by atoms with Crippen molar-refractivity contribution in [1.82, 2.24) is 19.5 Å². The molecule has 6 nitrogen and oxygen atoms in total. The van der Waals surface area contributed by atoms with Gasteiger partial charge < -0.3 is 19.0 Å². The van der Waals surface area contributed by atoms with E-state index in [4.69, 9.17) is 9.47 Å². The minimum atomic E-state index is 0.729. The van der Waals surface area contributed by atoms with Gasteiger partial charge in [0.05, 0.1) is 37.3 Å². The van der Waals surface area contributed by atoms with Crippen molar-refractivity contribution >= 4 is 22.8 Å². The van der Waals surface area contributed by atoms with Crippen LogP contribution < -0.4 is 9.47 Å². The molecular weight excluding hydrogens is 348 g/mol. The Kier molecular flexibility index (Phi) is 4.53. The predicted molar refractivity (Wildman–Crippen MR) is 102 cm³/mol. The Morgan fingerprint density at radius 1 is 1.08 bits per heavy atom. The van der Waals surface area contributed by atoms with E-state index in [2.05, 4.69) is 21.0 Å². The predicted octanol–water partition coefficient (Wildman–Crippen LogP) is 4.06. The summed E-state index contributed by atoms with van der Waals surface area (Å²) in [5, 5.41) is 0. The van der Waals surface area contributed by atoms with Gasteiger partial charge in [-0.2, -0.15) is 0 Å². The Balaban J connectivity index is 1.52. The Morgan fingerprint density at radius 2 is 1.96 bits per heavy atom. The summed E-state index contributed by atoms with van der Waals surface area (Å²) >= 11 is 1.69. The van der Waals surface area contributed by atoms with Crippen LogP contribution in [0.2, 0.25) is 0 Å². The quantitative estimate of drug-likeness (QED) is 0.521. The number of aromatic nitrogens is 4. The molecule has 0 radical (unpaired) electrons. The van der Waals surface area contributed by atoms with Crippen LogP contribution in [0.3, 0.4) is 0 Å². The van der Waals surface area contributed by atoms with E-state index >= 15 is 0 Å². The third kappa shape index (κ3) is 3.25. The number of fused-ring (bicyclic) bond motifs is 1. The van der Waals surface area contributed by atoms with Crippen molar-refractivity contribution < 1.29 is 9.47 Å². The van der Waals surface area contributed by atoms with Gasteiger partial charge in [-0.05, 0) is 36.4 Å². The summed E-state index contributed by atoms with van der Waals surface area (Å²) in [6, 6.07) is 12.0. The van der Waals surface area contributed by atoms with Gasteiger partial charge in [0.2, 0.25) is 0 Å². The van der Waals surface area contributed by atoms with Crippen LogP contribution in [0.5, 0.6) is 11.5 Å². The molecule has 1 N–H and O–H groups in total. The van der Waals surface area contributed by atoms with E-state index in [9.17, 15) is 0 Å². The molecule has 26 heavy (non-hydrogen) atoms. The average Bonchev–Trinajstić information content (AvgIpc) is 3.34. The molecule has 4 aromatic rings. The summed E-state index contributed by atoms with van der Waals surface area (Å²) in [5.74, 6) is 3.13. The smallest absolute Gasteiger partial charge is 0.161 e. The second-order valence-corrected chi connectivity index (χ2v) is 6.71. The first-order valence-corrected chi connectivity index (χ1v) is 9.07. The summed E-state index contributed by atoms with van der Waals surface area (Å²) in [6.07, 6.45) is 5.47. The maximum absolute atomic E-state index is 5.36. The molecule has 0 amide bonds. The topological polar surface area (TPSA) is 65.0 Å². The van der Waals surface area contributed by atoms with E-state index < -0.39 is 0 Å². The Labute approximate surface area is 155 Å². The van der Waals surface area contributed by atoms with Crippen LogP contribution in [0, 0.1) is 0 Å². The van der Waals surface area contributed by atoms with E-state index in [1.807, 2.05) is 41.1 Å². The number of nitrogens with zero attached hydrogens (tertiary/aromatic N) is 3. The molecule has 0 saturated carbocycles. The Bertz CT molecular complexity index is 1030. The number of rotatable bonds is 6. The lowest BCUT2D eigenvalue weighted by molar-refractivity contribution is 0.354. The van der Waals surface area contributed by atoms with Crippen LogP contribution in [0.1, 0.15) is 5.82 Å². The molecule has 0 aliphatic rings. The molecule has 0 saturated heterocycles. The summed E-state index contributed by atoms with van der Waals surface area (Å²) < 4.78 is 12.6. The number of imidazole rings is 2. The van der Waals surface area contributed by atoms with Crippen molar-refractivity contribution in [3.05, 3.63) is 60.9 Å². The van der Waals surface area contributed by atoms with Crippen molar-refractivity contribution in [2.45, 2.75) is 10.6 Å². The largest absolute Gasteiger partial charge is 0.493 e. The molecule has 0 aliphatic heterocycles. The third-order valence-corrected chi connectivity index (χ3v) is 5.05. The molecule has 132 valence electrons. The average molecular weight is 366 g/mol. The highest BCUT2D eigenvalue weighted by atomic mass is 32.2. The molecule has 0 atom stereocenters. The highest BCUT2D eigenvalue weighted by molar-refractivity contribution is 7.98. The molecule has 0 fully saturated rings. The maximum Gasteiger partial charge on any atom is 0.161 e. The fraction of sp³-hybridized carbons (Fsp3) is 0.158. The van der Waals surface area contributed by atoms with Gasteiger partial charge in [0.15, 0.2) is 11.5 Å². The second-order valence-electron chi connectivity index (χ2n) is 5.66. The van der Waals surface area contributed by atoms with Gasteiger partial charge in [0.25, 0.3) is 0 Å². The van der Waals surface area contributed by atoms with E-state index in [0.29, 0.717) is 0 Å². The fourth-order valence-electron chi connectivity index (χ4n) is 2.75. The number of H-pyrrole nitrogens is 1. The van der Waals surface area contributed by atoms with Gasteiger partial charge in [-0.1, -0.05) is 0 Å². The van der Waals surface area contributed by atoms with Crippen LogP contribution >= 0.6 is 11.8 Å². The van der Waals surface area contributed by atoms with E-state index in [1.165, 1.54) is 0 Å². The van der Waals surface area contributed by atoms with Crippen molar-refractivity contribution in [2.24, 2.45) is 0 Å². The zero-order valence-corrected chi connectivity index (χ0v) is 15.3. The number of aromatic amines is 1. The number of hydrogen-bond donors (Lipinski definition) is 1. The Morgan fingerprint density at radius 3 is 2.73 bits per heavy atom. The van der Waals surface area contributed by atoms with Crippen LogP contribution in [-0.2, 0) is 5.75 Å². The van der Waals surface area contributed by atoms with Crippen LogP contribution in [0.25, 0.3) is 16.7 Å². The minimum Gasteiger partial charge on any atom is -0.493 e. The minimum absolute atomic E-state index is 0.729. The van der Waals surface area contributed by atoms with Gasteiger partial charge in [-0.15, -0.1) is 11.8 Å². The van der Waals surface area contributed by atoms with Crippen molar-refractivity contribution in [2.75, 3.05) is 14.2 Å². The highest BCUT2D eigenvalue weighted by Crippen LogP contribution is 2.33. The zero-order valence-electron chi connectivity index (χ0n) is 14.5. The molecule has 0 aliphatic carbocycles. The monoisotopic (exact) mass is 366 g/mol. The summed E-state index contributed by atoms with van der Waals surface area (Å²) in [6.45, 7) is 0. The van der Waals surface area contributed by atoms with Crippen LogP contribution in [-0.4, -0.2) is 33.7 Å². The first kappa shape index (κ1) is 16.5. The standard InChI is InChI=1S/C19H18N4O2S/c1-24-17-6-4-14(10-18(17)25-2)26-11-19-21-15-5-3-13(9-16(15)22-19)23-8-7-20-12-23/h3-10,12H,11H2,1-2H3,(H,21,22). The lowest BCUT2D eigenvalue weighted by Gasteiger charge is -2.08. The highest BCUT2D eigenvalue weighted by Gasteiger charge is 2.08. The number of thioether (sulfide) groups is 1. The molecule has 2 aromatic carbocycles. The fourth-order valence-corrected chi connectivity index (χ4v) is 3.54. The SMILES string of the molecule is COc1ccc(SCc2nc3ccc(-n4ccnc4)cc3[nH]2)cc1OC. The summed E-state index contributed by atoms with van der Waals surface area (Å²) in [5.41, 5.74) is 3.02. The van der Waals surface area contributed by atoms with E-state index in [-0.39, 0.29) is 0 Å². The van der Waals surface area contributed by atoms with Gasteiger partial charge >= 0.3 is 0 Å². The third-order valence-electron chi connectivity index (χ3n) is 4.05. The molecule has 4 rings (SSSR count). The lowest BCUT2D eigenvalue weighted by atomic mass is 10.3. The first-order chi connectivity index (χ1) is 12.8. The molecule has 7 heteroatoms. The summed E-state index contributed by atoms with van der Waals surface area (Å²) in [7, 11) is 3.28. The summed E-state index contributed by atoms with van der Waals surface area (Å²) in [4.78, 5) is 13.3. The number of hydrogen-bond acceptors (Lipinski definition) is 5. The number of nitrogens with one attached hydrogen (secondary N) is 1. The van der Waals surface area contributed by atoms with Crippen molar-refractivity contribution in [3.63, 3.8) is 0 Å². The van der Waals surface area contributed by atoms with Gasteiger partial charge in [0, 0.05) is 23.0 Å². The molecule has 0 unspecified atom stereocenters. The maximum atomic E-state index is 5.36. The zero-order chi connectivity index (χ0) is 17.9. The van der Waals surface area contributed by atoms with Gasteiger partial charge in [0.1, 0.15) is 5.82 Å². The second kappa shape index (κ2) is 7.13. The van der Waals surface area contributed by atoms with E-state index in [1.54, 1.807) is 38.5 Å². The van der Waals surface area contributed by atoms with Gasteiger partial charge in [-0.3, -0.25) is 0 Å². The van der Waals surface area contributed by atoms with Crippen LogP contribution in [0.4, 0.5) is 0 Å². The normalized spacial score (nSPS) is 11.0. The Hall–Kier alpha value is -2.93. The van der Waals surface area contributed by atoms with Crippen LogP contribution in [0.15, 0.2) is 60.0 Å². The van der Waals surface area contributed by atoms with E-state index in [0.717, 1.165) is 44.7 Å². The number of ether oxygens (including phenoxy) is 2. The molecule has 2 aromatic heterocycles. The first-order valence-electron chi connectivity index (χ1n) is 8.08. The number of methoxy groups -OCH3 is 2. The van der Waals surface area contributed by atoms with Crippen molar-refractivity contribution in [1.29, 1.82) is 0 Å². The lowest BCUT2D eigenvalue weighted by Crippen LogP contribution is -1.90. The number of benzene rings is 2. The molecular formula is C19H18N4O2S. The molecule has 0 bridgehead atoms. The molecule has 2 heterocycles. The van der Waals surface area contributed by atoms with Gasteiger partial charge in [-0.25, -0.2) is 9.97 Å². The van der Waals surface area contributed by atoms with Crippen molar-refractivity contribution in [3.8, 4) is 17.2 Å².